The predicted molar refractivity (Wildman–Crippen MR) is 119 cm³/mol. The van der Waals surface area contributed by atoms with Crippen LogP contribution >= 0.6 is 22.9 Å². The zero-order valence-electron chi connectivity index (χ0n) is 17.0. The third kappa shape index (κ3) is 4.83. The first-order valence-electron chi connectivity index (χ1n) is 10.4. The van der Waals surface area contributed by atoms with E-state index in [0.29, 0.717) is 15.3 Å². The fraction of sp³-hybridized carbons (Fsp3) is 0.571. The van der Waals surface area contributed by atoms with Gasteiger partial charge < -0.3 is 15.5 Å². The number of amides is 1. The maximum Gasteiger partial charge on any atom is 0.261 e. The molecule has 0 atom stereocenters. The standard InChI is InChI=1S/C21H28ClN5OS/c1-27(2)19-15-5-3-4-6-16(15)25-21(26-19)24-14-9-7-13(8-10-14)23-20(28)17-11-12-18(22)29-17/h11-14H,3-10H2,1-2H3,(H,23,28)(H,24,25,26). The van der Waals surface area contributed by atoms with Crippen molar-refractivity contribution < 1.29 is 4.79 Å². The Labute approximate surface area is 181 Å². The number of hydrogen-bond donors (Lipinski definition) is 2. The molecule has 0 saturated heterocycles. The third-order valence-electron chi connectivity index (χ3n) is 5.78. The van der Waals surface area contributed by atoms with Crippen molar-refractivity contribution in [1.82, 2.24) is 15.3 Å². The molecule has 4 rings (SSSR count). The van der Waals surface area contributed by atoms with Crippen molar-refractivity contribution in [1.29, 1.82) is 0 Å². The molecule has 0 aromatic carbocycles. The molecule has 156 valence electrons. The molecule has 6 nitrogen and oxygen atoms in total. The second-order valence-electron chi connectivity index (χ2n) is 8.17. The summed E-state index contributed by atoms with van der Waals surface area (Å²) in [4.78, 5) is 24.8. The van der Waals surface area contributed by atoms with Gasteiger partial charge in [-0.05, 0) is 63.5 Å². The van der Waals surface area contributed by atoms with E-state index in [9.17, 15) is 4.79 Å². The molecule has 29 heavy (non-hydrogen) atoms. The molecule has 0 spiro atoms. The number of rotatable bonds is 5. The van der Waals surface area contributed by atoms with Crippen molar-refractivity contribution in [2.75, 3.05) is 24.3 Å². The summed E-state index contributed by atoms with van der Waals surface area (Å²) >= 11 is 7.26. The van der Waals surface area contributed by atoms with Crippen LogP contribution in [-0.2, 0) is 12.8 Å². The van der Waals surface area contributed by atoms with E-state index in [1.165, 1.54) is 35.4 Å². The molecule has 8 heteroatoms. The van der Waals surface area contributed by atoms with Crippen LogP contribution in [0.4, 0.5) is 11.8 Å². The van der Waals surface area contributed by atoms with Crippen LogP contribution in [0.25, 0.3) is 0 Å². The Hall–Kier alpha value is -1.86. The number of aryl methyl sites for hydroxylation is 1. The minimum absolute atomic E-state index is 0.0213. The molecule has 0 unspecified atom stereocenters. The van der Waals surface area contributed by atoms with Crippen molar-refractivity contribution in [3.05, 3.63) is 32.6 Å². The van der Waals surface area contributed by atoms with Crippen LogP contribution in [0.5, 0.6) is 0 Å². The molecule has 2 aliphatic rings. The average molecular weight is 434 g/mol. The Morgan fingerprint density at radius 2 is 1.83 bits per heavy atom. The van der Waals surface area contributed by atoms with Crippen molar-refractivity contribution in [2.24, 2.45) is 0 Å². The van der Waals surface area contributed by atoms with Gasteiger partial charge in [0.25, 0.3) is 5.91 Å². The normalized spacial score (nSPS) is 21.3. The number of carbonyl (C=O) groups excluding carboxylic acids is 1. The van der Waals surface area contributed by atoms with Gasteiger partial charge in [0.05, 0.1) is 14.9 Å². The molecule has 2 aliphatic carbocycles. The minimum Gasteiger partial charge on any atom is -0.362 e. The number of halogens is 1. The lowest BCUT2D eigenvalue weighted by Crippen LogP contribution is -2.40. The monoisotopic (exact) mass is 433 g/mol. The quantitative estimate of drug-likeness (QED) is 0.736. The molecule has 0 radical (unpaired) electrons. The number of fused-ring (bicyclic) bond motifs is 1. The van der Waals surface area contributed by atoms with E-state index >= 15 is 0 Å². The van der Waals surface area contributed by atoms with Crippen molar-refractivity contribution >= 4 is 40.6 Å². The van der Waals surface area contributed by atoms with Crippen molar-refractivity contribution in [2.45, 2.75) is 63.5 Å². The molecule has 1 saturated carbocycles. The van der Waals surface area contributed by atoms with Gasteiger partial charge >= 0.3 is 0 Å². The maximum absolute atomic E-state index is 12.3. The van der Waals surface area contributed by atoms with E-state index in [-0.39, 0.29) is 11.9 Å². The Bertz CT molecular complexity index is 876. The second kappa shape index (κ2) is 8.88. The Kier molecular flexibility index (Phi) is 6.25. The van der Waals surface area contributed by atoms with Gasteiger partial charge in [-0.15, -0.1) is 11.3 Å². The lowest BCUT2D eigenvalue weighted by Gasteiger charge is -2.30. The van der Waals surface area contributed by atoms with Gasteiger partial charge in [0, 0.05) is 31.7 Å². The maximum atomic E-state index is 12.3. The Balaban J connectivity index is 1.35. The smallest absolute Gasteiger partial charge is 0.261 e. The molecule has 2 aromatic heterocycles. The van der Waals surface area contributed by atoms with Crippen LogP contribution in [0.15, 0.2) is 12.1 Å². The van der Waals surface area contributed by atoms with Gasteiger partial charge in [0.1, 0.15) is 5.82 Å². The van der Waals surface area contributed by atoms with Crippen LogP contribution in [0.1, 0.15) is 59.5 Å². The average Bonchev–Trinajstić information content (AvgIpc) is 3.15. The molecule has 2 N–H and O–H groups in total. The molecule has 2 aromatic rings. The topological polar surface area (TPSA) is 70.2 Å². The van der Waals surface area contributed by atoms with Crippen LogP contribution in [0, 0.1) is 0 Å². The number of nitrogens with zero attached hydrogens (tertiary/aromatic N) is 3. The van der Waals surface area contributed by atoms with Crippen LogP contribution in [-0.4, -0.2) is 42.1 Å². The van der Waals surface area contributed by atoms with E-state index in [2.05, 4.69) is 29.6 Å². The highest BCUT2D eigenvalue weighted by molar-refractivity contribution is 7.18. The first-order valence-corrected chi connectivity index (χ1v) is 11.6. The van der Waals surface area contributed by atoms with E-state index in [4.69, 9.17) is 21.6 Å². The van der Waals surface area contributed by atoms with Crippen LogP contribution in [0.3, 0.4) is 0 Å². The number of aromatic nitrogens is 2. The van der Waals surface area contributed by atoms with E-state index in [1.807, 2.05) is 0 Å². The molecule has 0 bridgehead atoms. The summed E-state index contributed by atoms with van der Waals surface area (Å²) in [5, 5.41) is 6.70. The lowest BCUT2D eigenvalue weighted by atomic mass is 9.91. The summed E-state index contributed by atoms with van der Waals surface area (Å²) in [5.41, 5.74) is 2.51. The zero-order valence-corrected chi connectivity index (χ0v) is 18.6. The zero-order chi connectivity index (χ0) is 20.4. The van der Waals surface area contributed by atoms with Crippen molar-refractivity contribution in [3.63, 3.8) is 0 Å². The summed E-state index contributed by atoms with van der Waals surface area (Å²) < 4.78 is 0.644. The lowest BCUT2D eigenvalue weighted by molar-refractivity contribution is 0.0930. The number of hydrogen-bond acceptors (Lipinski definition) is 6. The van der Waals surface area contributed by atoms with E-state index < -0.39 is 0 Å². The predicted octanol–water partition coefficient (Wildman–Crippen LogP) is 4.29. The summed E-state index contributed by atoms with van der Waals surface area (Å²) in [6, 6.07) is 4.10. The first kappa shape index (κ1) is 20.4. The Morgan fingerprint density at radius 1 is 1.10 bits per heavy atom. The van der Waals surface area contributed by atoms with Gasteiger partial charge in [-0.2, -0.15) is 4.98 Å². The molecular formula is C21H28ClN5OS. The molecular weight excluding hydrogens is 406 g/mol. The van der Waals surface area contributed by atoms with Gasteiger partial charge in [0.15, 0.2) is 0 Å². The van der Waals surface area contributed by atoms with Crippen LogP contribution < -0.4 is 15.5 Å². The SMILES string of the molecule is CN(C)c1nc(NC2CCC(NC(=O)c3ccc(Cl)s3)CC2)nc2c1CCCC2. The summed E-state index contributed by atoms with van der Waals surface area (Å²) in [7, 11) is 4.10. The highest BCUT2D eigenvalue weighted by atomic mass is 35.5. The van der Waals surface area contributed by atoms with Gasteiger partial charge in [-0.1, -0.05) is 11.6 Å². The van der Waals surface area contributed by atoms with Crippen LogP contribution in [0.2, 0.25) is 4.34 Å². The molecule has 1 amide bonds. The summed E-state index contributed by atoms with van der Waals surface area (Å²) in [6.45, 7) is 0. The number of nitrogens with one attached hydrogen (secondary N) is 2. The fourth-order valence-corrected chi connectivity index (χ4v) is 5.21. The summed E-state index contributed by atoms with van der Waals surface area (Å²) in [5.74, 6) is 1.77. The van der Waals surface area contributed by atoms with Gasteiger partial charge in [0.2, 0.25) is 5.95 Å². The summed E-state index contributed by atoms with van der Waals surface area (Å²) in [6.07, 6.45) is 8.43. The minimum atomic E-state index is -0.0213. The van der Waals surface area contributed by atoms with E-state index in [1.54, 1.807) is 12.1 Å². The Morgan fingerprint density at radius 3 is 2.52 bits per heavy atom. The fourth-order valence-electron chi connectivity index (χ4n) is 4.27. The third-order valence-corrected chi connectivity index (χ3v) is 7.01. The van der Waals surface area contributed by atoms with Gasteiger partial charge in [-0.25, -0.2) is 4.98 Å². The first-order chi connectivity index (χ1) is 14.0. The number of thiophene rings is 1. The highest BCUT2D eigenvalue weighted by Crippen LogP contribution is 2.29. The van der Waals surface area contributed by atoms with Crippen molar-refractivity contribution in [3.8, 4) is 0 Å². The molecule has 0 aliphatic heterocycles. The molecule has 2 heterocycles. The number of anilines is 2. The van der Waals surface area contributed by atoms with E-state index in [0.717, 1.165) is 50.3 Å². The highest BCUT2D eigenvalue weighted by Gasteiger charge is 2.25. The largest absolute Gasteiger partial charge is 0.362 e. The van der Waals surface area contributed by atoms with Gasteiger partial charge in [-0.3, -0.25) is 4.79 Å². The second-order valence-corrected chi connectivity index (χ2v) is 9.88. The molecule has 1 fully saturated rings. The number of carbonyl (C=O) groups is 1.